The Morgan fingerprint density at radius 3 is 2.30 bits per heavy atom. The molecule has 3 amide bonds. The van der Waals surface area contributed by atoms with Crippen molar-refractivity contribution < 1.29 is 14.4 Å². The van der Waals surface area contributed by atoms with E-state index in [2.05, 4.69) is 23.5 Å². The second kappa shape index (κ2) is 10.8. The molecule has 0 spiro atoms. The number of hydrogen-bond acceptors (Lipinski definition) is 6. The maximum absolute atomic E-state index is 13.7. The third kappa shape index (κ3) is 5.52. The number of nitrogen functional groups attached to an aromatic ring is 1. The highest BCUT2D eigenvalue weighted by Crippen LogP contribution is 2.30. The average Bonchev–Trinajstić information content (AvgIpc) is 3.19. The second-order valence-electron chi connectivity index (χ2n) is 8.83. The van der Waals surface area contributed by atoms with E-state index >= 15 is 0 Å². The third-order valence-electron chi connectivity index (χ3n) is 6.16. The number of benzene rings is 1. The van der Waals surface area contributed by atoms with Crippen molar-refractivity contribution in [3.8, 4) is 0 Å². The lowest BCUT2D eigenvalue weighted by Gasteiger charge is -2.32. The van der Waals surface area contributed by atoms with E-state index in [1.807, 2.05) is 31.2 Å². The Hall–Kier alpha value is -2.94. The van der Waals surface area contributed by atoms with Gasteiger partial charge in [0, 0.05) is 11.7 Å². The Bertz CT molecular complexity index is 996. The summed E-state index contributed by atoms with van der Waals surface area (Å²) in [4.78, 5) is 40.2. The van der Waals surface area contributed by atoms with E-state index in [4.69, 9.17) is 11.5 Å². The molecule has 5 N–H and O–H groups in total. The number of carbonyl (C=O) groups excluding carboxylic acids is 3. The summed E-state index contributed by atoms with van der Waals surface area (Å²) in [5, 5.41) is 3.14. The molecule has 1 aromatic heterocycles. The van der Waals surface area contributed by atoms with Gasteiger partial charge in [-0.05, 0) is 54.4 Å². The van der Waals surface area contributed by atoms with Gasteiger partial charge in [0.25, 0.3) is 11.8 Å². The minimum absolute atomic E-state index is 0.0520. The van der Waals surface area contributed by atoms with E-state index in [1.54, 1.807) is 0 Å². The summed E-state index contributed by atoms with van der Waals surface area (Å²) < 4.78 is 3.97. The molecular weight excluding hydrogens is 438 g/mol. The zero-order valence-electron chi connectivity index (χ0n) is 19.5. The van der Waals surface area contributed by atoms with E-state index in [0.29, 0.717) is 18.0 Å². The van der Waals surface area contributed by atoms with Crippen LogP contribution >= 0.6 is 11.5 Å². The molecule has 2 aromatic rings. The van der Waals surface area contributed by atoms with Gasteiger partial charge >= 0.3 is 0 Å². The minimum atomic E-state index is -0.794. The van der Waals surface area contributed by atoms with Gasteiger partial charge < -0.3 is 16.8 Å². The molecule has 9 heteroatoms. The SMILES string of the molecule is CC[C@@H](C(=O)NC1CCCCC1)N(C(=O)c1snc(C(N)=O)c1N)c1ccc(C(C)C)cc1. The standard InChI is InChI=1S/C24H33N5O3S/c1-4-18(23(31)27-16-8-6-5-7-9-16)29(17-12-10-15(11-13-17)14(2)3)24(32)21-19(25)20(22(26)30)28-33-21/h10-14,16,18H,4-9,25H2,1-3H3,(H2,26,30)(H,27,31)/t18-/m0/s1. The number of rotatable bonds is 8. The number of primary amides is 1. The largest absolute Gasteiger partial charge is 0.395 e. The fraction of sp³-hybridized carbons (Fsp3) is 0.500. The maximum atomic E-state index is 13.7. The Morgan fingerprint density at radius 1 is 1.15 bits per heavy atom. The summed E-state index contributed by atoms with van der Waals surface area (Å²) in [6, 6.07) is 6.98. The number of nitrogens with zero attached hydrogens (tertiary/aromatic N) is 2. The van der Waals surface area contributed by atoms with Gasteiger partial charge in [-0.15, -0.1) is 0 Å². The van der Waals surface area contributed by atoms with Crippen molar-refractivity contribution in [3.63, 3.8) is 0 Å². The Kier molecular flexibility index (Phi) is 8.07. The van der Waals surface area contributed by atoms with Gasteiger partial charge in [0.15, 0.2) is 5.69 Å². The lowest BCUT2D eigenvalue weighted by atomic mass is 9.95. The predicted molar refractivity (Wildman–Crippen MR) is 131 cm³/mol. The highest BCUT2D eigenvalue weighted by molar-refractivity contribution is 7.09. The van der Waals surface area contributed by atoms with Crippen LogP contribution < -0.4 is 21.7 Å². The number of nitrogens with one attached hydrogen (secondary N) is 1. The smallest absolute Gasteiger partial charge is 0.272 e. The number of hydrogen-bond donors (Lipinski definition) is 3. The van der Waals surface area contributed by atoms with Gasteiger partial charge in [0.05, 0.1) is 5.69 Å². The van der Waals surface area contributed by atoms with Gasteiger partial charge in [-0.1, -0.05) is 52.2 Å². The van der Waals surface area contributed by atoms with Crippen molar-refractivity contribution in [2.45, 2.75) is 77.3 Å². The first kappa shape index (κ1) is 24.7. The molecule has 1 aliphatic rings. The Morgan fingerprint density at radius 2 is 1.79 bits per heavy atom. The number of aromatic nitrogens is 1. The number of amides is 3. The summed E-state index contributed by atoms with van der Waals surface area (Å²) in [6.45, 7) is 6.06. The molecule has 0 bridgehead atoms. The number of anilines is 2. The monoisotopic (exact) mass is 471 g/mol. The predicted octanol–water partition coefficient (Wildman–Crippen LogP) is 3.82. The van der Waals surface area contributed by atoms with Crippen molar-refractivity contribution in [3.05, 3.63) is 40.4 Å². The van der Waals surface area contributed by atoms with Crippen LogP contribution in [0.4, 0.5) is 11.4 Å². The second-order valence-corrected chi connectivity index (χ2v) is 9.60. The lowest BCUT2D eigenvalue weighted by Crippen LogP contribution is -2.52. The van der Waals surface area contributed by atoms with Crippen molar-refractivity contribution in [1.82, 2.24) is 9.69 Å². The third-order valence-corrected chi connectivity index (χ3v) is 7.02. The van der Waals surface area contributed by atoms with E-state index in [9.17, 15) is 14.4 Å². The first-order valence-corrected chi connectivity index (χ1v) is 12.3. The fourth-order valence-electron chi connectivity index (χ4n) is 4.23. The zero-order valence-corrected chi connectivity index (χ0v) is 20.3. The van der Waals surface area contributed by atoms with Crippen LogP contribution in [0.15, 0.2) is 24.3 Å². The lowest BCUT2D eigenvalue weighted by molar-refractivity contribution is -0.123. The summed E-state index contributed by atoms with van der Waals surface area (Å²) in [7, 11) is 0. The maximum Gasteiger partial charge on any atom is 0.272 e. The van der Waals surface area contributed by atoms with Crippen LogP contribution in [-0.2, 0) is 4.79 Å². The molecule has 0 unspecified atom stereocenters. The topological polar surface area (TPSA) is 131 Å². The molecule has 1 aromatic carbocycles. The average molecular weight is 472 g/mol. The molecule has 0 aliphatic heterocycles. The molecule has 33 heavy (non-hydrogen) atoms. The molecule has 1 heterocycles. The van der Waals surface area contributed by atoms with Crippen LogP contribution in [0.3, 0.4) is 0 Å². The van der Waals surface area contributed by atoms with Gasteiger partial charge in [0.2, 0.25) is 5.91 Å². The summed E-state index contributed by atoms with van der Waals surface area (Å²) >= 11 is 0.820. The normalized spacial score (nSPS) is 15.3. The zero-order chi connectivity index (χ0) is 24.1. The van der Waals surface area contributed by atoms with Gasteiger partial charge in [-0.25, -0.2) is 0 Å². The van der Waals surface area contributed by atoms with Crippen molar-refractivity contribution in [2.24, 2.45) is 5.73 Å². The molecule has 1 aliphatic carbocycles. The summed E-state index contributed by atoms with van der Waals surface area (Å²) in [5.74, 6) is -1.13. The van der Waals surface area contributed by atoms with Crippen LogP contribution in [0.1, 0.15) is 90.9 Å². The molecule has 0 saturated heterocycles. The first-order valence-electron chi connectivity index (χ1n) is 11.5. The Labute approximate surface area is 198 Å². The van der Waals surface area contributed by atoms with E-state index in [1.165, 1.54) is 11.3 Å². The highest BCUT2D eigenvalue weighted by Gasteiger charge is 2.34. The molecule has 0 radical (unpaired) electrons. The molecule has 1 fully saturated rings. The van der Waals surface area contributed by atoms with Crippen LogP contribution in [0, 0.1) is 0 Å². The van der Waals surface area contributed by atoms with E-state index in [-0.39, 0.29) is 28.2 Å². The van der Waals surface area contributed by atoms with Crippen molar-refractivity contribution in [1.29, 1.82) is 0 Å². The fourth-order valence-corrected chi connectivity index (χ4v) is 4.97. The number of carbonyl (C=O) groups is 3. The number of nitrogens with two attached hydrogens (primary N) is 2. The molecule has 178 valence electrons. The van der Waals surface area contributed by atoms with Gasteiger partial charge in [-0.3, -0.25) is 19.3 Å². The van der Waals surface area contributed by atoms with Crippen LogP contribution in [0.25, 0.3) is 0 Å². The summed E-state index contributed by atoms with van der Waals surface area (Å²) in [5.41, 5.74) is 12.9. The van der Waals surface area contributed by atoms with Crippen LogP contribution in [-0.4, -0.2) is 34.2 Å². The highest BCUT2D eigenvalue weighted by atomic mass is 32.1. The van der Waals surface area contributed by atoms with Crippen LogP contribution in [0.5, 0.6) is 0 Å². The quantitative estimate of drug-likeness (QED) is 0.538. The van der Waals surface area contributed by atoms with E-state index < -0.39 is 17.9 Å². The van der Waals surface area contributed by atoms with Gasteiger partial charge in [0.1, 0.15) is 10.9 Å². The molecular formula is C24H33N5O3S. The van der Waals surface area contributed by atoms with Gasteiger partial charge in [-0.2, -0.15) is 4.37 Å². The van der Waals surface area contributed by atoms with Crippen molar-refractivity contribution in [2.75, 3.05) is 10.6 Å². The molecule has 8 nitrogen and oxygen atoms in total. The Balaban J connectivity index is 1.98. The van der Waals surface area contributed by atoms with Crippen molar-refractivity contribution >= 4 is 40.6 Å². The summed E-state index contributed by atoms with van der Waals surface area (Å²) in [6.07, 6.45) is 5.68. The molecule has 1 saturated carbocycles. The molecule has 3 rings (SSSR count). The molecule has 1 atom stereocenters. The minimum Gasteiger partial charge on any atom is -0.395 e. The van der Waals surface area contributed by atoms with Crippen LogP contribution in [0.2, 0.25) is 0 Å². The first-order chi connectivity index (χ1) is 15.7. The van der Waals surface area contributed by atoms with E-state index in [0.717, 1.165) is 42.8 Å².